The quantitative estimate of drug-likeness (QED) is 0.871. The van der Waals surface area contributed by atoms with Crippen LogP contribution in [0.3, 0.4) is 0 Å². The van der Waals surface area contributed by atoms with Crippen LogP contribution >= 0.6 is 0 Å². The molecule has 22 heavy (non-hydrogen) atoms. The largest absolute Gasteiger partial charge is 0.381 e. The summed E-state index contributed by atoms with van der Waals surface area (Å²) in [5.74, 6) is 0.557. The van der Waals surface area contributed by atoms with E-state index in [2.05, 4.69) is 11.1 Å². The Bertz CT molecular complexity index is 650. The smallest absolute Gasteiger partial charge is 0.222 e. The molecule has 0 bridgehead atoms. The Hall–Kier alpha value is -1.94. The molecule has 1 aromatic carbocycles. The average molecular weight is 298 g/mol. The number of benzene rings is 1. The summed E-state index contributed by atoms with van der Waals surface area (Å²) in [6, 6.07) is 10.1. The van der Waals surface area contributed by atoms with Gasteiger partial charge in [-0.25, -0.2) is 0 Å². The summed E-state index contributed by atoms with van der Waals surface area (Å²) >= 11 is 0. The number of carbonyl (C=O) groups excluding carboxylic acids is 1. The number of aromatic nitrogens is 1. The monoisotopic (exact) mass is 298 g/mol. The number of fused-ring (bicyclic) bond motifs is 1. The molecule has 1 saturated heterocycles. The summed E-state index contributed by atoms with van der Waals surface area (Å²) in [7, 11) is 1.86. The fraction of sp³-hybridized carbons (Fsp3) is 0.444. The molecule has 1 aromatic heterocycles. The minimum Gasteiger partial charge on any atom is -0.381 e. The Kier molecular flexibility index (Phi) is 4.68. The molecule has 3 rings (SSSR count). The van der Waals surface area contributed by atoms with Gasteiger partial charge in [-0.2, -0.15) is 0 Å². The minimum atomic E-state index is 0.184. The number of carbonyl (C=O) groups is 1. The first-order valence-corrected chi connectivity index (χ1v) is 7.88. The van der Waals surface area contributed by atoms with E-state index in [1.54, 1.807) is 4.90 Å². The Balaban J connectivity index is 1.61. The predicted octanol–water partition coefficient (Wildman–Crippen LogP) is 3.01. The van der Waals surface area contributed by atoms with E-state index in [1.807, 2.05) is 37.5 Å². The van der Waals surface area contributed by atoms with E-state index < -0.39 is 0 Å². The first-order valence-electron chi connectivity index (χ1n) is 7.88. The molecule has 0 N–H and O–H groups in total. The molecule has 0 aliphatic carbocycles. The second-order valence-electron chi connectivity index (χ2n) is 6.07. The molecule has 1 amide bonds. The molecule has 1 aliphatic rings. The number of rotatable bonds is 4. The Morgan fingerprint density at radius 1 is 1.41 bits per heavy atom. The fourth-order valence-electron chi connectivity index (χ4n) is 2.94. The molecule has 1 aliphatic heterocycles. The average Bonchev–Trinajstić information content (AvgIpc) is 2.55. The van der Waals surface area contributed by atoms with Crippen LogP contribution in [-0.4, -0.2) is 36.1 Å². The van der Waals surface area contributed by atoms with Gasteiger partial charge in [0.1, 0.15) is 0 Å². The molecular formula is C18H22N2O2. The van der Waals surface area contributed by atoms with Gasteiger partial charge in [-0.05, 0) is 36.5 Å². The molecule has 2 heterocycles. The molecule has 0 saturated carbocycles. The molecule has 0 radical (unpaired) electrons. The molecule has 4 nitrogen and oxygen atoms in total. The molecule has 1 unspecified atom stereocenters. The number of hydrogen-bond donors (Lipinski definition) is 0. The lowest BCUT2D eigenvalue weighted by atomic mass is 9.98. The molecule has 1 fully saturated rings. The van der Waals surface area contributed by atoms with Crippen LogP contribution in [0.5, 0.6) is 0 Å². The van der Waals surface area contributed by atoms with Crippen LogP contribution < -0.4 is 0 Å². The highest BCUT2D eigenvalue weighted by atomic mass is 16.5. The normalized spacial score (nSPS) is 18.3. The van der Waals surface area contributed by atoms with Gasteiger partial charge < -0.3 is 9.64 Å². The predicted molar refractivity (Wildman–Crippen MR) is 86.4 cm³/mol. The van der Waals surface area contributed by atoms with Crippen LogP contribution in [-0.2, 0) is 16.1 Å². The zero-order chi connectivity index (χ0) is 15.4. The fourth-order valence-corrected chi connectivity index (χ4v) is 2.94. The van der Waals surface area contributed by atoms with Gasteiger partial charge in [-0.15, -0.1) is 0 Å². The van der Waals surface area contributed by atoms with Crippen molar-refractivity contribution in [3.05, 3.63) is 42.1 Å². The van der Waals surface area contributed by atoms with Crippen LogP contribution in [0.2, 0.25) is 0 Å². The Morgan fingerprint density at radius 3 is 3.09 bits per heavy atom. The van der Waals surface area contributed by atoms with E-state index in [0.29, 0.717) is 18.9 Å². The van der Waals surface area contributed by atoms with Crippen LogP contribution in [0.25, 0.3) is 10.9 Å². The number of hydrogen-bond acceptors (Lipinski definition) is 3. The van der Waals surface area contributed by atoms with Gasteiger partial charge in [0.25, 0.3) is 0 Å². The van der Waals surface area contributed by atoms with Gasteiger partial charge in [-0.1, -0.05) is 18.2 Å². The molecular weight excluding hydrogens is 276 g/mol. The number of para-hydroxylation sites is 1. The number of amides is 1. The van der Waals surface area contributed by atoms with Crippen molar-refractivity contribution in [1.82, 2.24) is 9.88 Å². The summed E-state index contributed by atoms with van der Waals surface area (Å²) in [6.45, 7) is 2.16. The van der Waals surface area contributed by atoms with Crippen LogP contribution in [0.15, 0.2) is 36.5 Å². The maximum Gasteiger partial charge on any atom is 0.222 e. The van der Waals surface area contributed by atoms with Crippen LogP contribution in [0, 0.1) is 5.92 Å². The molecule has 116 valence electrons. The van der Waals surface area contributed by atoms with Crippen LogP contribution in [0.4, 0.5) is 0 Å². The SMILES string of the molecule is CN(Cc1cnc2ccccc2c1)C(=O)CC1CCCOC1. The summed E-state index contributed by atoms with van der Waals surface area (Å²) in [5, 5.41) is 1.11. The first kappa shape index (κ1) is 15.0. The molecule has 0 spiro atoms. The lowest BCUT2D eigenvalue weighted by Gasteiger charge is -2.24. The van der Waals surface area contributed by atoms with Gasteiger partial charge in [-0.3, -0.25) is 9.78 Å². The van der Waals surface area contributed by atoms with Crippen molar-refractivity contribution in [2.24, 2.45) is 5.92 Å². The number of pyridine rings is 1. The van der Waals surface area contributed by atoms with Gasteiger partial charge in [0.2, 0.25) is 5.91 Å². The highest BCUT2D eigenvalue weighted by Crippen LogP contribution is 2.19. The van der Waals surface area contributed by atoms with E-state index >= 15 is 0 Å². The maximum absolute atomic E-state index is 12.3. The van der Waals surface area contributed by atoms with Crippen molar-refractivity contribution in [3.63, 3.8) is 0 Å². The third kappa shape index (κ3) is 3.63. The zero-order valence-corrected chi connectivity index (χ0v) is 13.0. The second kappa shape index (κ2) is 6.88. The van der Waals surface area contributed by atoms with Gasteiger partial charge >= 0.3 is 0 Å². The summed E-state index contributed by atoms with van der Waals surface area (Å²) in [4.78, 5) is 18.6. The molecule has 2 aromatic rings. The standard InChI is InChI=1S/C18H22N2O2/c1-20(18(21)10-14-5-4-8-22-13-14)12-15-9-16-6-2-3-7-17(16)19-11-15/h2-3,6-7,9,11,14H,4-5,8,10,12-13H2,1H3. The Morgan fingerprint density at radius 2 is 2.27 bits per heavy atom. The number of ether oxygens (including phenoxy) is 1. The minimum absolute atomic E-state index is 0.184. The Labute approximate surface area is 131 Å². The van der Waals surface area contributed by atoms with Crippen molar-refractivity contribution in [2.75, 3.05) is 20.3 Å². The lowest BCUT2D eigenvalue weighted by Crippen LogP contribution is -2.30. The summed E-state index contributed by atoms with van der Waals surface area (Å²) in [6.07, 6.45) is 4.60. The van der Waals surface area contributed by atoms with Crippen molar-refractivity contribution < 1.29 is 9.53 Å². The number of nitrogens with zero attached hydrogens (tertiary/aromatic N) is 2. The van der Waals surface area contributed by atoms with E-state index in [9.17, 15) is 4.79 Å². The molecule has 1 atom stereocenters. The maximum atomic E-state index is 12.3. The van der Waals surface area contributed by atoms with E-state index in [-0.39, 0.29) is 5.91 Å². The third-order valence-electron chi connectivity index (χ3n) is 4.21. The highest BCUT2D eigenvalue weighted by molar-refractivity contribution is 5.79. The first-order chi connectivity index (χ1) is 10.7. The van der Waals surface area contributed by atoms with Gasteiger partial charge in [0, 0.05) is 44.8 Å². The van der Waals surface area contributed by atoms with Gasteiger partial charge in [0.05, 0.1) is 5.52 Å². The highest BCUT2D eigenvalue weighted by Gasteiger charge is 2.19. The molecule has 4 heteroatoms. The second-order valence-corrected chi connectivity index (χ2v) is 6.07. The third-order valence-corrected chi connectivity index (χ3v) is 4.21. The summed E-state index contributed by atoms with van der Waals surface area (Å²) < 4.78 is 5.45. The van der Waals surface area contributed by atoms with Crippen LogP contribution in [0.1, 0.15) is 24.8 Å². The summed E-state index contributed by atoms with van der Waals surface area (Å²) in [5.41, 5.74) is 2.05. The van der Waals surface area contributed by atoms with E-state index in [4.69, 9.17) is 4.74 Å². The lowest BCUT2D eigenvalue weighted by molar-refractivity contribution is -0.132. The zero-order valence-electron chi connectivity index (χ0n) is 13.0. The van der Waals surface area contributed by atoms with Gasteiger partial charge in [0.15, 0.2) is 0 Å². The van der Waals surface area contributed by atoms with Crippen molar-refractivity contribution >= 4 is 16.8 Å². The van der Waals surface area contributed by atoms with Crippen molar-refractivity contribution in [3.8, 4) is 0 Å². The van der Waals surface area contributed by atoms with E-state index in [0.717, 1.165) is 42.5 Å². The van der Waals surface area contributed by atoms with Crippen molar-refractivity contribution in [2.45, 2.75) is 25.8 Å². The topological polar surface area (TPSA) is 42.4 Å². The van der Waals surface area contributed by atoms with Crippen molar-refractivity contribution in [1.29, 1.82) is 0 Å². The van der Waals surface area contributed by atoms with E-state index in [1.165, 1.54) is 0 Å².